The first kappa shape index (κ1) is 23.0. The van der Waals surface area contributed by atoms with Gasteiger partial charge < -0.3 is 14.5 Å². The molecule has 0 saturated heterocycles. The highest BCUT2D eigenvalue weighted by atomic mass is 16.5. The van der Waals surface area contributed by atoms with E-state index in [9.17, 15) is 0 Å². The van der Waals surface area contributed by atoms with Gasteiger partial charge in [-0.3, -0.25) is 4.90 Å². The third-order valence-electron chi connectivity index (χ3n) is 7.03. The van der Waals surface area contributed by atoms with E-state index in [4.69, 9.17) is 14.7 Å². The van der Waals surface area contributed by atoms with Crippen molar-refractivity contribution in [3.05, 3.63) is 94.2 Å². The standard InChI is InChI=1S/C28H25N3O2.C2H6/c1-32-27-12-20-10-11-31-16-25-23(21-4-2-3-5-24(21)30-25)13-26(31)22(20)14-28(27)33-17-19-8-6-18(15-29)7-9-19;1-2/h2-9,12,14,26,30H,10-11,13,16-17H2,1H3;1-2H3. The second-order valence-corrected chi connectivity index (χ2v) is 8.87. The van der Waals surface area contributed by atoms with Gasteiger partial charge in [-0.25, -0.2) is 0 Å². The molecule has 178 valence electrons. The monoisotopic (exact) mass is 465 g/mol. The number of H-pyrrole nitrogens is 1. The Kier molecular flexibility index (Phi) is 6.48. The summed E-state index contributed by atoms with van der Waals surface area (Å²) in [5.41, 5.74) is 8.38. The van der Waals surface area contributed by atoms with Gasteiger partial charge in [-0.1, -0.05) is 44.2 Å². The smallest absolute Gasteiger partial charge is 0.162 e. The summed E-state index contributed by atoms with van der Waals surface area (Å²) >= 11 is 0. The zero-order valence-corrected chi connectivity index (χ0v) is 20.6. The molecule has 3 heterocycles. The van der Waals surface area contributed by atoms with Crippen LogP contribution in [0.3, 0.4) is 0 Å². The van der Waals surface area contributed by atoms with E-state index in [0.29, 0.717) is 18.2 Å². The van der Waals surface area contributed by atoms with Crippen molar-refractivity contribution >= 4 is 10.9 Å². The van der Waals surface area contributed by atoms with Crippen LogP contribution in [-0.2, 0) is 26.0 Å². The van der Waals surface area contributed by atoms with E-state index in [1.807, 2.05) is 38.1 Å². The first-order valence-electron chi connectivity index (χ1n) is 12.4. The molecule has 2 aliphatic heterocycles. The number of aromatic nitrogens is 1. The summed E-state index contributed by atoms with van der Waals surface area (Å²) < 4.78 is 11.9. The third-order valence-corrected chi connectivity index (χ3v) is 7.03. The number of rotatable bonds is 4. The lowest BCUT2D eigenvalue weighted by Crippen LogP contribution is -2.39. The van der Waals surface area contributed by atoms with Gasteiger partial charge >= 0.3 is 0 Å². The van der Waals surface area contributed by atoms with Crippen LogP contribution >= 0.6 is 0 Å². The van der Waals surface area contributed by atoms with Gasteiger partial charge in [0, 0.05) is 35.7 Å². The number of fused-ring (bicyclic) bond motifs is 6. The maximum absolute atomic E-state index is 9.01. The minimum absolute atomic E-state index is 0.337. The quantitative estimate of drug-likeness (QED) is 0.384. The summed E-state index contributed by atoms with van der Waals surface area (Å²) in [6.07, 6.45) is 2.00. The van der Waals surface area contributed by atoms with Crippen LogP contribution < -0.4 is 9.47 Å². The second-order valence-electron chi connectivity index (χ2n) is 8.87. The molecule has 5 nitrogen and oxygen atoms in total. The average Bonchev–Trinajstić information content (AvgIpc) is 3.29. The maximum Gasteiger partial charge on any atom is 0.162 e. The number of ether oxygens (including phenoxy) is 2. The molecule has 0 amide bonds. The minimum Gasteiger partial charge on any atom is -0.493 e. The summed E-state index contributed by atoms with van der Waals surface area (Å²) in [5.74, 6) is 1.55. The average molecular weight is 466 g/mol. The number of nitriles is 1. The van der Waals surface area contributed by atoms with Crippen molar-refractivity contribution in [2.45, 2.75) is 45.9 Å². The van der Waals surface area contributed by atoms with Gasteiger partial charge in [0.1, 0.15) is 6.61 Å². The van der Waals surface area contributed by atoms with Crippen molar-refractivity contribution in [1.82, 2.24) is 9.88 Å². The molecule has 35 heavy (non-hydrogen) atoms. The Morgan fingerprint density at radius 3 is 2.63 bits per heavy atom. The van der Waals surface area contributed by atoms with Crippen molar-refractivity contribution in [1.29, 1.82) is 5.26 Å². The van der Waals surface area contributed by atoms with Crippen molar-refractivity contribution in [2.24, 2.45) is 0 Å². The van der Waals surface area contributed by atoms with E-state index in [0.717, 1.165) is 43.0 Å². The van der Waals surface area contributed by atoms with Crippen LogP contribution in [0.25, 0.3) is 10.9 Å². The molecule has 4 aromatic rings. The highest BCUT2D eigenvalue weighted by Gasteiger charge is 2.34. The number of methoxy groups -OCH3 is 1. The number of nitrogens with one attached hydrogen (secondary N) is 1. The summed E-state index contributed by atoms with van der Waals surface area (Å²) in [4.78, 5) is 6.22. The molecule has 0 saturated carbocycles. The lowest BCUT2D eigenvalue weighted by Gasteiger charge is -2.40. The first-order valence-corrected chi connectivity index (χ1v) is 12.4. The number of para-hydroxylation sites is 1. The molecule has 1 unspecified atom stereocenters. The van der Waals surface area contributed by atoms with Crippen LogP contribution in [0.1, 0.15) is 53.4 Å². The number of hydrogen-bond acceptors (Lipinski definition) is 4. The Morgan fingerprint density at radius 2 is 1.86 bits per heavy atom. The molecule has 0 radical (unpaired) electrons. The Bertz CT molecular complexity index is 1380. The van der Waals surface area contributed by atoms with Gasteiger partial charge in [-0.2, -0.15) is 5.26 Å². The third kappa shape index (κ3) is 4.26. The van der Waals surface area contributed by atoms with Crippen molar-refractivity contribution in [3.63, 3.8) is 0 Å². The molecule has 1 atom stereocenters. The number of benzene rings is 3. The Balaban J connectivity index is 0.00000124. The SMILES string of the molecule is CC.COc1cc2c(cc1OCc1ccc(C#N)cc1)C1Cc3c([nH]c4ccccc34)CN1CC2. The van der Waals surface area contributed by atoms with Gasteiger partial charge in [0.2, 0.25) is 0 Å². The van der Waals surface area contributed by atoms with Crippen molar-refractivity contribution in [2.75, 3.05) is 13.7 Å². The molecule has 1 N–H and O–H groups in total. The highest BCUT2D eigenvalue weighted by molar-refractivity contribution is 5.85. The lowest BCUT2D eigenvalue weighted by molar-refractivity contribution is 0.158. The number of hydrogen-bond donors (Lipinski definition) is 1. The molecule has 0 bridgehead atoms. The molecule has 6 rings (SSSR count). The predicted octanol–water partition coefficient (Wildman–Crippen LogP) is 6.31. The molecule has 0 aliphatic carbocycles. The molecule has 3 aromatic carbocycles. The van der Waals surface area contributed by atoms with Crippen LogP contribution in [0.5, 0.6) is 11.5 Å². The highest BCUT2D eigenvalue weighted by Crippen LogP contribution is 2.44. The van der Waals surface area contributed by atoms with E-state index >= 15 is 0 Å². The number of nitrogens with zero attached hydrogens (tertiary/aromatic N) is 2. The zero-order valence-electron chi connectivity index (χ0n) is 20.6. The van der Waals surface area contributed by atoms with Gasteiger partial charge in [0.25, 0.3) is 0 Å². The molecule has 0 fully saturated rings. The summed E-state index contributed by atoms with van der Waals surface area (Å²) in [6, 6.07) is 23.0. The predicted molar refractivity (Wildman–Crippen MR) is 139 cm³/mol. The van der Waals surface area contributed by atoms with Crippen LogP contribution in [0.2, 0.25) is 0 Å². The normalized spacial score (nSPS) is 16.2. The fourth-order valence-electron chi connectivity index (χ4n) is 5.32. The molecular formula is C30H31N3O2. The molecule has 5 heteroatoms. The zero-order chi connectivity index (χ0) is 24.4. The van der Waals surface area contributed by atoms with Crippen LogP contribution in [-0.4, -0.2) is 23.5 Å². The second kappa shape index (κ2) is 9.85. The Hall–Kier alpha value is -3.75. The van der Waals surface area contributed by atoms with Gasteiger partial charge in [-0.05, 0) is 65.4 Å². The Morgan fingerprint density at radius 1 is 1.06 bits per heavy atom. The summed E-state index contributed by atoms with van der Waals surface area (Å²) in [7, 11) is 1.70. The largest absolute Gasteiger partial charge is 0.493 e. The maximum atomic E-state index is 9.01. The summed E-state index contributed by atoms with van der Waals surface area (Å²) in [5, 5.41) is 10.4. The van der Waals surface area contributed by atoms with Crippen LogP contribution in [0.15, 0.2) is 60.7 Å². The van der Waals surface area contributed by atoms with E-state index in [-0.39, 0.29) is 0 Å². The van der Waals surface area contributed by atoms with Gasteiger partial charge in [0.15, 0.2) is 11.5 Å². The first-order chi connectivity index (χ1) is 17.2. The fraction of sp³-hybridized carbons (Fsp3) is 0.300. The fourth-order valence-corrected chi connectivity index (χ4v) is 5.32. The van der Waals surface area contributed by atoms with Gasteiger partial charge in [0.05, 0.1) is 18.7 Å². The van der Waals surface area contributed by atoms with Crippen molar-refractivity contribution < 1.29 is 9.47 Å². The summed E-state index contributed by atoms with van der Waals surface area (Å²) in [6.45, 7) is 6.42. The topological polar surface area (TPSA) is 61.3 Å². The lowest BCUT2D eigenvalue weighted by atomic mass is 9.85. The van der Waals surface area contributed by atoms with E-state index in [1.165, 1.54) is 33.3 Å². The molecule has 2 aliphatic rings. The van der Waals surface area contributed by atoms with E-state index in [1.54, 1.807) is 7.11 Å². The van der Waals surface area contributed by atoms with Crippen LogP contribution in [0, 0.1) is 11.3 Å². The molecular weight excluding hydrogens is 434 g/mol. The van der Waals surface area contributed by atoms with Crippen molar-refractivity contribution in [3.8, 4) is 17.6 Å². The molecule has 1 aromatic heterocycles. The minimum atomic E-state index is 0.337. The van der Waals surface area contributed by atoms with E-state index < -0.39 is 0 Å². The van der Waals surface area contributed by atoms with Gasteiger partial charge in [-0.15, -0.1) is 0 Å². The van der Waals surface area contributed by atoms with Crippen LogP contribution in [0.4, 0.5) is 0 Å². The van der Waals surface area contributed by atoms with E-state index in [2.05, 4.69) is 52.4 Å². The Labute approximate surface area is 206 Å². The number of aromatic amines is 1. The molecule has 0 spiro atoms.